The van der Waals surface area contributed by atoms with Crippen molar-refractivity contribution in [3.63, 3.8) is 0 Å². The third-order valence-corrected chi connectivity index (χ3v) is 5.22. The Bertz CT molecular complexity index is 899. The van der Waals surface area contributed by atoms with E-state index in [2.05, 4.69) is 0 Å². The third-order valence-electron chi connectivity index (χ3n) is 5.22. The Balaban J connectivity index is 1.48. The largest absolute Gasteiger partial charge is 0.472 e. The second-order valence-corrected chi connectivity index (χ2v) is 7.02. The first-order valence-corrected chi connectivity index (χ1v) is 9.17. The fourth-order valence-electron chi connectivity index (χ4n) is 3.79. The number of halogens is 1. The maximum absolute atomic E-state index is 13.4. The molecule has 8 heteroatoms. The van der Waals surface area contributed by atoms with Gasteiger partial charge in [-0.2, -0.15) is 0 Å². The van der Waals surface area contributed by atoms with E-state index in [1.807, 2.05) is 0 Å². The Morgan fingerprint density at radius 2 is 2.04 bits per heavy atom. The first-order valence-electron chi connectivity index (χ1n) is 9.17. The Morgan fingerprint density at radius 3 is 2.79 bits per heavy atom. The molecule has 4 rings (SSSR count). The van der Waals surface area contributed by atoms with E-state index in [0.29, 0.717) is 37.2 Å². The lowest BCUT2D eigenvalue weighted by Crippen LogP contribution is -2.59. The lowest BCUT2D eigenvalue weighted by Gasteiger charge is -2.39. The number of hydrogen-bond donors (Lipinski definition) is 0. The van der Waals surface area contributed by atoms with Gasteiger partial charge in [0.05, 0.1) is 11.8 Å². The molecule has 146 valence electrons. The van der Waals surface area contributed by atoms with Gasteiger partial charge < -0.3 is 19.1 Å². The molecule has 7 nitrogen and oxygen atoms in total. The van der Waals surface area contributed by atoms with Crippen molar-refractivity contribution in [2.45, 2.75) is 19.0 Å². The highest BCUT2D eigenvalue weighted by atomic mass is 19.1. The average Bonchev–Trinajstić information content (AvgIpc) is 3.11. The van der Waals surface area contributed by atoms with Crippen molar-refractivity contribution in [3.05, 3.63) is 59.8 Å². The van der Waals surface area contributed by atoms with Crippen LogP contribution in [0.5, 0.6) is 0 Å². The van der Waals surface area contributed by atoms with Gasteiger partial charge in [-0.15, -0.1) is 0 Å². The highest BCUT2D eigenvalue weighted by molar-refractivity contribution is 5.96. The summed E-state index contributed by atoms with van der Waals surface area (Å²) in [4.78, 5) is 42.8. The van der Waals surface area contributed by atoms with E-state index in [4.69, 9.17) is 4.42 Å². The molecule has 28 heavy (non-hydrogen) atoms. The van der Waals surface area contributed by atoms with Gasteiger partial charge in [-0.3, -0.25) is 14.4 Å². The lowest BCUT2D eigenvalue weighted by molar-refractivity contribution is -0.156. The number of nitrogens with zero attached hydrogens (tertiary/aromatic N) is 3. The van der Waals surface area contributed by atoms with Crippen molar-refractivity contribution in [1.29, 1.82) is 0 Å². The summed E-state index contributed by atoms with van der Waals surface area (Å²) in [5, 5.41) is 0. The van der Waals surface area contributed by atoms with E-state index in [1.54, 1.807) is 28.0 Å². The predicted octanol–water partition coefficient (Wildman–Crippen LogP) is 1.50. The van der Waals surface area contributed by atoms with Crippen LogP contribution in [0.15, 0.2) is 47.3 Å². The highest BCUT2D eigenvalue weighted by Gasteiger charge is 2.41. The van der Waals surface area contributed by atoms with Crippen molar-refractivity contribution in [2.75, 3.05) is 26.2 Å². The first-order chi connectivity index (χ1) is 13.5. The van der Waals surface area contributed by atoms with Gasteiger partial charge in [-0.05, 0) is 30.2 Å². The molecule has 1 atom stereocenters. The van der Waals surface area contributed by atoms with Crippen molar-refractivity contribution in [1.82, 2.24) is 14.7 Å². The predicted molar refractivity (Wildman–Crippen MR) is 96.5 cm³/mol. The van der Waals surface area contributed by atoms with Crippen LogP contribution in [0, 0.1) is 5.82 Å². The van der Waals surface area contributed by atoms with Crippen LogP contribution in [0.1, 0.15) is 22.3 Å². The fourth-order valence-corrected chi connectivity index (χ4v) is 3.79. The molecular weight excluding hydrogens is 365 g/mol. The molecule has 0 radical (unpaired) electrons. The maximum atomic E-state index is 13.4. The number of furan rings is 1. The summed E-state index contributed by atoms with van der Waals surface area (Å²) < 4.78 is 18.4. The molecule has 0 spiro atoms. The van der Waals surface area contributed by atoms with E-state index >= 15 is 0 Å². The van der Waals surface area contributed by atoms with E-state index < -0.39 is 6.04 Å². The summed E-state index contributed by atoms with van der Waals surface area (Å²) in [6.45, 7) is 1.19. The van der Waals surface area contributed by atoms with Crippen molar-refractivity contribution in [3.8, 4) is 0 Å². The number of hydrogen-bond acceptors (Lipinski definition) is 4. The molecule has 0 aliphatic carbocycles. The maximum Gasteiger partial charge on any atom is 0.257 e. The molecule has 2 aliphatic heterocycles. The molecule has 0 N–H and O–H groups in total. The molecule has 1 unspecified atom stereocenters. The average molecular weight is 385 g/mol. The molecule has 2 aliphatic rings. The van der Waals surface area contributed by atoms with Gasteiger partial charge in [-0.1, -0.05) is 12.1 Å². The van der Waals surface area contributed by atoms with Crippen LogP contribution in [0.4, 0.5) is 4.39 Å². The monoisotopic (exact) mass is 385 g/mol. The van der Waals surface area contributed by atoms with Crippen LogP contribution < -0.4 is 0 Å². The van der Waals surface area contributed by atoms with Crippen LogP contribution in [0.3, 0.4) is 0 Å². The molecule has 1 aromatic carbocycles. The zero-order chi connectivity index (χ0) is 19.7. The summed E-state index contributed by atoms with van der Waals surface area (Å²) in [5.74, 6) is -0.872. The molecule has 2 aromatic rings. The Kier molecular flexibility index (Phi) is 4.85. The second-order valence-electron chi connectivity index (χ2n) is 7.02. The van der Waals surface area contributed by atoms with Gasteiger partial charge in [0.2, 0.25) is 11.8 Å². The van der Waals surface area contributed by atoms with Crippen molar-refractivity contribution in [2.24, 2.45) is 0 Å². The zero-order valence-electron chi connectivity index (χ0n) is 15.2. The number of carbonyl (C=O) groups is 3. The summed E-state index contributed by atoms with van der Waals surface area (Å²) in [6, 6.07) is 7.01. The van der Waals surface area contributed by atoms with Gasteiger partial charge >= 0.3 is 0 Å². The third kappa shape index (κ3) is 3.49. The number of amides is 3. The number of carbonyl (C=O) groups excluding carboxylic acids is 3. The minimum atomic E-state index is -0.600. The molecule has 0 saturated carbocycles. The standard InChI is InChI=1S/C20H20FN3O4/c21-16-3-1-2-14(10-16)11-23-12-18(25)24-8-7-22(6-4-17(24)20(23)27)19(26)15-5-9-28-13-15/h1-3,5,9-10,13,17H,4,6-8,11-12H2. The van der Waals surface area contributed by atoms with E-state index in [1.165, 1.54) is 29.6 Å². The van der Waals surface area contributed by atoms with Gasteiger partial charge in [0.25, 0.3) is 5.91 Å². The quantitative estimate of drug-likeness (QED) is 0.803. The minimum absolute atomic E-state index is 0.0402. The minimum Gasteiger partial charge on any atom is -0.472 e. The summed E-state index contributed by atoms with van der Waals surface area (Å²) in [6.07, 6.45) is 3.19. The van der Waals surface area contributed by atoms with Crippen LogP contribution in [-0.4, -0.2) is 64.6 Å². The highest BCUT2D eigenvalue weighted by Crippen LogP contribution is 2.22. The van der Waals surface area contributed by atoms with Gasteiger partial charge in [0.1, 0.15) is 24.7 Å². The Labute approximate surface area is 161 Å². The van der Waals surface area contributed by atoms with Crippen molar-refractivity contribution >= 4 is 17.7 Å². The SMILES string of the molecule is O=C(c1ccoc1)N1CCC2C(=O)N(Cc3cccc(F)c3)CC(=O)N2CC1. The van der Waals surface area contributed by atoms with Crippen LogP contribution in [0.2, 0.25) is 0 Å². The van der Waals surface area contributed by atoms with Gasteiger partial charge in [-0.25, -0.2) is 4.39 Å². The molecular formula is C20H20FN3O4. The summed E-state index contributed by atoms with van der Waals surface area (Å²) in [7, 11) is 0. The fraction of sp³-hybridized carbons (Fsp3) is 0.350. The van der Waals surface area contributed by atoms with Gasteiger partial charge in [0.15, 0.2) is 0 Å². The van der Waals surface area contributed by atoms with Crippen LogP contribution in [0.25, 0.3) is 0 Å². The van der Waals surface area contributed by atoms with Crippen molar-refractivity contribution < 1.29 is 23.2 Å². The molecule has 1 aromatic heterocycles. The van der Waals surface area contributed by atoms with Crippen LogP contribution >= 0.6 is 0 Å². The first kappa shape index (κ1) is 18.2. The summed E-state index contributed by atoms with van der Waals surface area (Å²) >= 11 is 0. The molecule has 2 saturated heterocycles. The smallest absolute Gasteiger partial charge is 0.257 e. The summed E-state index contributed by atoms with van der Waals surface area (Å²) in [5.41, 5.74) is 1.09. The normalized spacial score (nSPS) is 20.2. The van der Waals surface area contributed by atoms with Crippen LogP contribution in [-0.2, 0) is 16.1 Å². The number of benzene rings is 1. The number of piperazine rings is 1. The Morgan fingerprint density at radius 1 is 1.18 bits per heavy atom. The molecule has 3 heterocycles. The number of rotatable bonds is 3. The zero-order valence-corrected chi connectivity index (χ0v) is 15.2. The van der Waals surface area contributed by atoms with E-state index in [9.17, 15) is 18.8 Å². The molecule has 2 fully saturated rings. The molecule has 3 amide bonds. The Hall–Kier alpha value is -3.16. The van der Waals surface area contributed by atoms with E-state index in [-0.39, 0.29) is 36.6 Å². The number of fused-ring (bicyclic) bond motifs is 1. The van der Waals surface area contributed by atoms with E-state index in [0.717, 1.165) is 0 Å². The lowest BCUT2D eigenvalue weighted by atomic mass is 10.1. The molecule has 0 bridgehead atoms. The van der Waals surface area contributed by atoms with Gasteiger partial charge in [0, 0.05) is 26.2 Å². The topological polar surface area (TPSA) is 74.1 Å². The second kappa shape index (κ2) is 7.46.